The molecule has 1 aromatic carbocycles. The summed E-state index contributed by atoms with van der Waals surface area (Å²) in [5.74, 6) is 1.25. The maximum absolute atomic E-state index is 9.25. The number of fused-ring (bicyclic) bond motifs is 1. The van der Waals surface area contributed by atoms with Gasteiger partial charge in [0, 0.05) is 12.5 Å². The van der Waals surface area contributed by atoms with Crippen LogP contribution in [0.5, 0.6) is 0 Å². The molecule has 0 saturated carbocycles. The summed E-state index contributed by atoms with van der Waals surface area (Å²) < 4.78 is 14.0. The zero-order chi connectivity index (χ0) is 18.8. The Morgan fingerprint density at radius 3 is 3.04 bits per heavy atom. The van der Waals surface area contributed by atoms with Crippen molar-refractivity contribution in [1.82, 2.24) is 14.5 Å². The summed E-state index contributed by atoms with van der Waals surface area (Å²) in [6, 6.07) is 7.69. The molecule has 3 heterocycles. The van der Waals surface area contributed by atoms with Crippen molar-refractivity contribution < 1.29 is 9.47 Å². The van der Waals surface area contributed by atoms with E-state index in [1.807, 2.05) is 23.6 Å². The summed E-state index contributed by atoms with van der Waals surface area (Å²) in [4.78, 5) is 9.25. The SMILES string of the molecule is Cc1nc(Cn2c(COCC3CCOC3)nc3ccc(C#N)cc32)c(Cl)s1. The Kier molecular flexibility index (Phi) is 5.41. The van der Waals surface area contributed by atoms with Crippen LogP contribution in [0, 0.1) is 24.2 Å². The second-order valence-electron chi connectivity index (χ2n) is 6.63. The van der Waals surface area contributed by atoms with E-state index in [1.165, 1.54) is 11.3 Å². The smallest absolute Gasteiger partial charge is 0.136 e. The van der Waals surface area contributed by atoms with Gasteiger partial charge in [-0.2, -0.15) is 5.26 Å². The normalized spacial score (nSPS) is 16.9. The largest absolute Gasteiger partial charge is 0.381 e. The Balaban J connectivity index is 1.64. The van der Waals surface area contributed by atoms with Crippen molar-refractivity contribution in [2.24, 2.45) is 5.92 Å². The number of halogens is 1. The lowest BCUT2D eigenvalue weighted by molar-refractivity contribution is 0.0740. The van der Waals surface area contributed by atoms with E-state index >= 15 is 0 Å². The van der Waals surface area contributed by atoms with Gasteiger partial charge in [-0.25, -0.2) is 9.97 Å². The number of nitrogens with zero attached hydrogens (tertiary/aromatic N) is 4. The average molecular weight is 403 g/mol. The molecule has 1 aliphatic heterocycles. The van der Waals surface area contributed by atoms with Gasteiger partial charge in [0.1, 0.15) is 16.8 Å². The zero-order valence-electron chi connectivity index (χ0n) is 14.9. The van der Waals surface area contributed by atoms with Gasteiger partial charge in [0.2, 0.25) is 0 Å². The molecule has 0 N–H and O–H groups in total. The van der Waals surface area contributed by atoms with Crippen molar-refractivity contribution in [3.63, 3.8) is 0 Å². The van der Waals surface area contributed by atoms with E-state index in [1.54, 1.807) is 6.07 Å². The van der Waals surface area contributed by atoms with Gasteiger partial charge in [-0.05, 0) is 31.5 Å². The first-order valence-corrected chi connectivity index (χ1v) is 10.00. The maximum Gasteiger partial charge on any atom is 0.136 e. The van der Waals surface area contributed by atoms with Crippen molar-refractivity contribution in [3.05, 3.63) is 44.6 Å². The van der Waals surface area contributed by atoms with Crippen molar-refractivity contribution in [1.29, 1.82) is 5.26 Å². The van der Waals surface area contributed by atoms with Gasteiger partial charge in [-0.15, -0.1) is 11.3 Å². The molecule has 27 heavy (non-hydrogen) atoms. The topological polar surface area (TPSA) is 73.0 Å². The van der Waals surface area contributed by atoms with Crippen LogP contribution in [0.2, 0.25) is 4.34 Å². The van der Waals surface area contributed by atoms with E-state index in [4.69, 9.17) is 26.1 Å². The second kappa shape index (κ2) is 7.95. The van der Waals surface area contributed by atoms with E-state index in [9.17, 15) is 5.26 Å². The van der Waals surface area contributed by atoms with Crippen LogP contribution in [-0.4, -0.2) is 34.4 Å². The van der Waals surface area contributed by atoms with Crippen molar-refractivity contribution in [2.75, 3.05) is 19.8 Å². The van der Waals surface area contributed by atoms with Crippen LogP contribution in [-0.2, 0) is 22.6 Å². The molecule has 2 aromatic heterocycles. The van der Waals surface area contributed by atoms with Gasteiger partial charge in [-0.1, -0.05) is 11.6 Å². The minimum Gasteiger partial charge on any atom is -0.381 e. The number of nitriles is 1. The Hall–Kier alpha value is -1.98. The van der Waals surface area contributed by atoms with Crippen LogP contribution in [0.15, 0.2) is 18.2 Å². The molecule has 0 spiro atoms. The molecule has 8 heteroatoms. The van der Waals surface area contributed by atoms with E-state index in [0.29, 0.717) is 35.6 Å². The van der Waals surface area contributed by atoms with Crippen molar-refractivity contribution in [3.8, 4) is 6.07 Å². The van der Waals surface area contributed by atoms with Gasteiger partial charge in [0.15, 0.2) is 0 Å². The average Bonchev–Trinajstić information content (AvgIpc) is 3.36. The number of benzene rings is 1. The van der Waals surface area contributed by atoms with Gasteiger partial charge >= 0.3 is 0 Å². The van der Waals surface area contributed by atoms with Crippen molar-refractivity contribution >= 4 is 34.0 Å². The first-order valence-electron chi connectivity index (χ1n) is 8.80. The first-order chi connectivity index (χ1) is 13.1. The summed E-state index contributed by atoms with van der Waals surface area (Å²) in [7, 11) is 0. The number of hydrogen-bond acceptors (Lipinski definition) is 6. The highest BCUT2D eigenvalue weighted by molar-refractivity contribution is 7.15. The number of rotatable bonds is 6. The van der Waals surface area contributed by atoms with E-state index in [-0.39, 0.29) is 0 Å². The van der Waals surface area contributed by atoms with Crippen LogP contribution in [0.25, 0.3) is 11.0 Å². The predicted molar refractivity (Wildman–Crippen MR) is 104 cm³/mol. The molecule has 1 saturated heterocycles. The van der Waals surface area contributed by atoms with Crippen LogP contribution in [0.1, 0.15) is 28.5 Å². The number of imidazole rings is 1. The highest BCUT2D eigenvalue weighted by Crippen LogP contribution is 2.27. The summed E-state index contributed by atoms with van der Waals surface area (Å²) in [6.07, 6.45) is 1.04. The van der Waals surface area contributed by atoms with Crippen LogP contribution in [0.4, 0.5) is 0 Å². The van der Waals surface area contributed by atoms with Crippen LogP contribution < -0.4 is 0 Å². The predicted octanol–water partition coefficient (Wildman–Crippen LogP) is 3.93. The fourth-order valence-corrected chi connectivity index (χ4v) is 4.33. The zero-order valence-corrected chi connectivity index (χ0v) is 16.5. The highest BCUT2D eigenvalue weighted by atomic mass is 35.5. The fraction of sp³-hybridized carbons (Fsp3) is 0.421. The van der Waals surface area contributed by atoms with Gasteiger partial charge in [0.25, 0.3) is 0 Å². The molecule has 0 amide bonds. The maximum atomic E-state index is 9.25. The second-order valence-corrected chi connectivity index (χ2v) is 8.43. The number of aryl methyl sites for hydroxylation is 1. The standard InChI is InChI=1S/C19H19ClN4O2S/c1-12-22-16(19(20)27-12)8-24-17-6-13(7-21)2-3-15(17)23-18(24)11-26-10-14-4-5-25-9-14/h2-3,6,14H,4-5,8-11H2,1H3. The lowest BCUT2D eigenvalue weighted by atomic mass is 10.1. The summed E-state index contributed by atoms with van der Waals surface area (Å²) in [6.45, 7) is 5.06. The lowest BCUT2D eigenvalue weighted by Crippen LogP contribution is -2.12. The van der Waals surface area contributed by atoms with E-state index in [0.717, 1.165) is 47.2 Å². The molecule has 1 unspecified atom stereocenters. The Labute approximate surface area is 166 Å². The third-order valence-electron chi connectivity index (χ3n) is 4.63. The van der Waals surface area contributed by atoms with E-state index in [2.05, 4.69) is 11.1 Å². The molecule has 0 aliphatic carbocycles. The fourth-order valence-electron chi connectivity index (χ4n) is 3.25. The van der Waals surface area contributed by atoms with Gasteiger partial charge in [-0.3, -0.25) is 0 Å². The first kappa shape index (κ1) is 18.4. The molecular formula is C19H19ClN4O2S. The van der Waals surface area contributed by atoms with Crippen molar-refractivity contribution in [2.45, 2.75) is 26.5 Å². The Morgan fingerprint density at radius 1 is 1.44 bits per heavy atom. The summed E-state index contributed by atoms with van der Waals surface area (Å²) >= 11 is 7.81. The number of aromatic nitrogens is 3. The van der Waals surface area contributed by atoms with Crippen LogP contribution >= 0.6 is 22.9 Å². The molecule has 1 fully saturated rings. The molecule has 4 rings (SSSR count). The third-order valence-corrected chi connectivity index (χ3v) is 5.88. The monoisotopic (exact) mass is 402 g/mol. The molecule has 0 bridgehead atoms. The lowest BCUT2D eigenvalue weighted by Gasteiger charge is -2.11. The van der Waals surface area contributed by atoms with Gasteiger partial charge < -0.3 is 14.0 Å². The molecule has 6 nitrogen and oxygen atoms in total. The molecule has 1 atom stereocenters. The molecule has 1 aliphatic rings. The number of hydrogen-bond donors (Lipinski definition) is 0. The summed E-state index contributed by atoms with van der Waals surface area (Å²) in [5.41, 5.74) is 3.13. The minimum absolute atomic E-state index is 0.397. The molecular weight excluding hydrogens is 384 g/mol. The Morgan fingerprint density at radius 2 is 2.33 bits per heavy atom. The molecule has 3 aromatic rings. The minimum atomic E-state index is 0.397. The Bertz CT molecular complexity index is 1000. The number of thiazole rings is 1. The quantitative estimate of drug-likeness (QED) is 0.624. The van der Waals surface area contributed by atoms with E-state index < -0.39 is 0 Å². The highest BCUT2D eigenvalue weighted by Gasteiger charge is 2.18. The molecule has 0 radical (unpaired) electrons. The van der Waals surface area contributed by atoms with Crippen LogP contribution in [0.3, 0.4) is 0 Å². The van der Waals surface area contributed by atoms with Gasteiger partial charge in [0.05, 0.1) is 53.1 Å². The summed E-state index contributed by atoms with van der Waals surface area (Å²) in [5, 5.41) is 10.2. The molecule has 140 valence electrons. The third kappa shape index (κ3) is 3.99. The number of ether oxygens (including phenoxy) is 2.